The molecule has 5 amide bonds. The molecule has 2 atom stereocenters. The highest BCUT2D eigenvalue weighted by molar-refractivity contribution is 5.82. The molecule has 0 aliphatic rings. The average molecular weight is 709 g/mol. The Balaban J connectivity index is 5.27. The number of hydrogen-bond acceptors (Lipinski definition) is 10. The number of allylic oxidation sites excluding steroid dienone is 4. The van der Waals surface area contributed by atoms with Gasteiger partial charge in [0.1, 0.15) is 0 Å². The minimum atomic E-state index is -0.774. The van der Waals surface area contributed by atoms with Crippen molar-refractivity contribution in [3.8, 4) is 0 Å². The fourth-order valence-corrected chi connectivity index (χ4v) is 4.76. The van der Waals surface area contributed by atoms with E-state index in [2.05, 4.69) is 28.2 Å². The zero-order chi connectivity index (χ0) is 37.4. The summed E-state index contributed by atoms with van der Waals surface area (Å²) in [5, 5.41) is 11.4. The van der Waals surface area contributed by atoms with Gasteiger partial charge >= 0.3 is 0 Å². The molecule has 0 rings (SSSR count). The van der Waals surface area contributed by atoms with Gasteiger partial charge in [0.05, 0.1) is 18.6 Å². The maximum Gasteiger partial charge on any atom is 0.238 e. The summed E-state index contributed by atoms with van der Waals surface area (Å²) < 4.78 is 0. The molecule has 0 aliphatic heterocycles. The van der Waals surface area contributed by atoms with Gasteiger partial charge in [0.15, 0.2) is 0 Å². The first kappa shape index (κ1) is 46.6. The number of rotatable bonds is 31. The summed E-state index contributed by atoms with van der Waals surface area (Å²) in [6.07, 6.45) is 15.5. The Morgan fingerprint density at radius 2 is 1.00 bits per heavy atom. The topological polar surface area (TPSA) is 244 Å². The molecule has 0 fully saturated rings. The number of nitrogens with one attached hydrogen (secondary N) is 4. The zero-order valence-electron chi connectivity index (χ0n) is 30.8. The SMILES string of the molecule is CCC=CCCC(=O)NCCCCN(CCCNC(=O)CCC=CCC)C(=O)CN(CCCNC(=O)[C@@H](N)CN)CCCNC(=O)[C@@H](N)CN. The van der Waals surface area contributed by atoms with E-state index in [1.807, 2.05) is 41.0 Å². The number of nitrogens with zero attached hydrogens (tertiary/aromatic N) is 2. The van der Waals surface area contributed by atoms with Crippen molar-refractivity contribution in [3.63, 3.8) is 0 Å². The van der Waals surface area contributed by atoms with Crippen molar-refractivity contribution in [2.45, 2.75) is 96.6 Å². The van der Waals surface area contributed by atoms with Crippen LogP contribution in [0.3, 0.4) is 0 Å². The molecule has 288 valence electrons. The normalized spacial score (nSPS) is 12.6. The minimum absolute atomic E-state index is 0.0117. The molecule has 0 saturated heterocycles. The maximum absolute atomic E-state index is 13.7. The lowest BCUT2D eigenvalue weighted by molar-refractivity contribution is -0.133. The standard InChI is InChI=1S/C35H68N10O5/c1-3-5-7-9-16-31(46)40-18-11-12-24-45(25-15-19-41-32(47)17-10-8-6-4-2)33(48)28-44(22-13-20-42-34(49)29(38)26-36)23-14-21-43-35(50)30(39)27-37/h5-8,29-30H,3-4,9-28,36-39H2,1-2H3,(H,40,46)(H,41,47)(H,42,49)(H,43,50)/t29-,30-/m0/s1. The molecule has 0 aromatic rings. The highest BCUT2D eigenvalue weighted by Crippen LogP contribution is 2.03. The van der Waals surface area contributed by atoms with Crippen molar-refractivity contribution in [1.29, 1.82) is 0 Å². The summed E-state index contributed by atoms with van der Waals surface area (Å²) in [5.41, 5.74) is 22.4. The molecule has 50 heavy (non-hydrogen) atoms. The van der Waals surface area contributed by atoms with E-state index in [1.165, 1.54) is 0 Å². The Hall–Kier alpha value is -3.37. The molecule has 0 saturated carbocycles. The van der Waals surface area contributed by atoms with Crippen LogP contribution in [-0.2, 0) is 24.0 Å². The van der Waals surface area contributed by atoms with Gasteiger partial charge in [-0.25, -0.2) is 0 Å². The number of hydrogen-bond donors (Lipinski definition) is 8. The first-order chi connectivity index (χ1) is 24.1. The monoisotopic (exact) mass is 709 g/mol. The summed E-state index contributed by atoms with van der Waals surface area (Å²) in [5.74, 6) is -0.716. The van der Waals surface area contributed by atoms with E-state index in [4.69, 9.17) is 22.9 Å². The molecule has 0 spiro atoms. The zero-order valence-corrected chi connectivity index (χ0v) is 30.8. The highest BCUT2D eigenvalue weighted by Gasteiger charge is 2.18. The minimum Gasteiger partial charge on any atom is -0.356 e. The van der Waals surface area contributed by atoms with Crippen LogP contribution in [0.1, 0.15) is 84.5 Å². The van der Waals surface area contributed by atoms with Crippen LogP contribution >= 0.6 is 0 Å². The highest BCUT2D eigenvalue weighted by atomic mass is 16.2. The van der Waals surface area contributed by atoms with Crippen LogP contribution in [0.5, 0.6) is 0 Å². The number of nitrogens with two attached hydrogens (primary N) is 4. The predicted molar refractivity (Wildman–Crippen MR) is 200 cm³/mol. The van der Waals surface area contributed by atoms with Gasteiger partial charge in [-0.2, -0.15) is 0 Å². The lowest BCUT2D eigenvalue weighted by atomic mass is 10.2. The Morgan fingerprint density at radius 3 is 1.46 bits per heavy atom. The first-order valence-electron chi connectivity index (χ1n) is 18.4. The average Bonchev–Trinajstić information content (AvgIpc) is 3.11. The molecule has 0 heterocycles. The number of carbonyl (C=O) groups excluding carboxylic acids is 5. The van der Waals surface area contributed by atoms with Gasteiger partial charge in [0.2, 0.25) is 29.5 Å². The summed E-state index contributed by atoms with van der Waals surface area (Å²) in [6.45, 7) is 8.11. The first-order valence-corrected chi connectivity index (χ1v) is 18.4. The van der Waals surface area contributed by atoms with Crippen molar-refractivity contribution < 1.29 is 24.0 Å². The molecule has 0 radical (unpaired) electrons. The molecular weight excluding hydrogens is 640 g/mol. The maximum atomic E-state index is 13.7. The fraction of sp³-hybridized carbons (Fsp3) is 0.743. The van der Waals surface area contributed by atoms with Crippen LogP contribution in [0.4, 0.5) is 0 Å². The van der Waals surface area contributed by atoms with Crippen LogP contribution in [-0.4, -0.2) is 123 Å². The number of amides is 5. The second-order valence-corrected chi connectivity index (χ2v) is 12.2. The van der Waals surface area contributed by atoms with E-state index >= 15 is 0 Å². The van der Waals surface area contributed by atoms with Crippen LogP contribution in [0.2, 0.25) is 0 Å². The van der Waals surface area contributed by atoms with Crippen molar-refractivity contribution in [3.05, 3.63) is 24.3 Å². The van der Waals surface area contributed by atoms with Crippen molar-refractivity contribution in [1.82, 2.24) is 31.1 Å². The molecule has 0 aliphatic carbocycles. The third kappa shape index (κ3) is 25.6. The van der Waals surface area contributed by atoms with Gasteiger partial charge in [-0.1, -0.05) is 38.2 Å². The van der Waals surface area contributed by atoms with E-state index < -0.39 is 12.1 Å². The Kier molecular flexibility index (Phi) is 29.5. The second kappa shape index (κ2) is 31.6. The molecule has 15 heteroatoms. The molecule has 0 aromatic carbocycles. The van der Waals surface area contributed by atoms with Crippen molar-refractivity contribution in [2.75, 3.05) is 72.0 Å². The predicted octanol–water partition coefficient (Wildman–Crippen LogP) is -0.403. The lowest BCUT2D eigenvalue weighted by Gasteiger charge is -2.28. The smallest absolute Gasteiger partial charge is 0.238 e. The second-order valence-electron chi connectivity index (χ2n) is 12.2. The van der Waals surface area contributed by atoms with Gasteiger partial charge in [-0.15, -0.1) is 0 Å². The molecule has 0 aromatic heterocycles. The van der Waals surface area contributed by atoms with E-state index in [0.29, 0.717) is 104 Å². The van der Waals surface area contributed by atoms with E-state index in [0.717, 1.165) is 19.3 Å². The fourth-order valence-electron chi connectivity index (χ4n) is 4.76. The molecule has 0 bridgehead atoms. The summed E-state index contributed by atoms with van der Waals surface area (Å²) in [4.78, 5) is 65.9. The third-order valence-corrected chi connectivity index (χ3v) is 7.78. The summed E-state index contributed by atoms with van der Waals surface area (Å²) >= 11 is 0. The largest absolute Gasteiger partial charge is 0.356 e. The Morgan fingerprint density at radius 1 is 0.580 bits per heavy atom. The molecular formula is C35H68N10O5. The third-order valence-electron chi connectivity index (χ3n) is 7.78. The number of carbonyl (C=O) groups is 5. The summed E-state index contributed by atoms with van der Waals surface area (Å²) in [6, 6.07) is -1.55. The van der Waals surface area contributed by atoms with Gasteiger partial charge < -0.3 is 49.1 Å². The van der Waals surface area contributed by atoms with Crippen LogP contribution < -0.4 is 44.2 Å². The number of unbranched alkanes of at least 4 members (excludes halogenated alkanes) is 1. The van der Waals surface area contributed by atoms with E-state index in [9.17, 15) is 24.0 Å². The van der Waals surface area contributed by atoms with Crippen LogP contribution in [0.25, 0.3) is 0 Å². The molecule has 12 N–H and O–H groups in total. The molecule has 0 unspecified atom stereocenters. The summed E-state index contributed by atoms with van der Waals surface area (Å²) in [7, 11) is 0. The Labute approximate surface area is 300 Å². The van der Waals surface area contributed by atoms with Crippen molar-refractivity contribution >= 4 is 29.5 Å². The quantitative estimate of drug-likeness (QED) is 0.0342. The van der Waals surface area contributed by atoms with Crippen molar-refractivity contribution in [2.24, 2.45) is 22.9 Å². The molecule has 15 nitrogen and oxygen atoms in total. The van der Waals surface area contributed by atoms with E-state index in [1.54, 1.807) is 0 Å². The van der Waals surface area contributed by atoms with Gasteiger partial charge in [0.25, 0.3) is 0 Å². The Bertz CT molecular complexity index is 980. The van der Waals surface area contributed by atoms with Gasteiger partial charge in [-0.3, -0.25) is 28.9 Å². The lowest BCUT2D eigenvalue weighted by Crippen LogP contribution is -2.47. The van der Waals surface area contributed by atoms with Crippen LogP contribution in [0, 0.1) is 0 Å². The van der Waals surface area contributed by atoms with Crippen LogP contribution in [0.15, 0.2) is 24.3 Å². The van der Waals surface area contributed by atoms with Gasteiger partial charge in [-0.05, 0) is 57.8 Å². The van der Waals surface area contributed by atoms with E-state index in [-0.39, 0.29) is 49.2 Å². The van der Waals surface area contributed by atoms with Gasteiger partial charge in [0, 0.05) is 78.3 Å².